The van der Waals surface area contributed by atoms with E-state index in [0.29, 0.717) is 16.6 Å². The van der Waals surface area contributed by atoms with Crippen LogP contribution in [0.5, 0.6) is 5.75 Å². The van der Waals surface area contributed by atoms with Crippen LogP contribution in [0.2, 0.25) is 10.0 Å². The van der Waals surface area contributed by atoms with Gasteiger partial charge in [-0.2, -0.15) is 0 Å². The molecule has 1 heterocycles. The maximum absolute atomic E-state index is 11.3. The highest BCUT2D eigenvalue weighted by molar-refractivity contribution is 6.42. The summed E-state index contributed by atoms with van der Waals surface area (Å²) in [5.41, 5.74) is 2.61. The Morgan fingerprint density at radius 3 is 2.70 bits per heavy atom. The van der Waals surface area contributed by atoms with Gasteiger partial charge in [0.15, 0.2) is 0 Å². The minimum Gasteiger partial charge on any atom is -0.488 e. The van der Waals surface area contributed by atoms with Crippen molar-refractivity contribution in [3.8, 4) is 5.75 Å². The number of β-amino-alcohol motifs (C(OH)–C–C–N with tert-alkyl or cyclic N) is 1. The predicted octanol–water partition coefficient (Wildman–Crippen LogP) is 4.60. The van der Waals surface area contributed by atoms with Crippen molar-refractivity contribution in [2.24, 2.45) is 5.92 Å². The molecule has 1 unspecified atom stereocenters. The van der Waals surface area contributed by atoms with Crippen molar-refractivity contribution in [3.63, 3.8) is 0 Å². The molecule has 33 heavy (non-hydrogen) atoms. The van der Waals surface area contributed by atoms with Gasteiger partial charge in [0, 0.05) is 29.1 Å². The zero-order chi connectivity index (χ0) is 23.9. The number of ether oxygens (including phenoxy) is 2. The number of aliphatic hydroxyl groups excluding tert-OH is 1. The van der Waals surface area contributed by atoms with Crippen LogP contribution in [0.25, 0.3) is 0 Å². The summed E-state index contributed by atoms with van der Waals surface area (Å²) in [6.07, 6.45) is -0.540. The van der Waals surface area contributed by atoms with E-state index in [9.17, 15) is 15.0 Å². The largest absolute Gasteiger partial charge is 0.488 e. The fourth-order valence-electron chi connectivity index (χ4n) is 4.54. The summed E-state index contributed by atoms with van der Waals surface area (Å²) in [5.74, 6) is -0.614. The number of carboxylic acids is 1. The fraction of sp³-hybridized carbons (Fsp3) is 0.480. The van der Waals surface area contributed by atoms with Crippen LogP contribution in [0.4, 0.5) is 0 Å². The summed E-state index contributed by atoms with van der Waals surface area (Å²) < 4.78 is 11.9. The Kier molecular flexibility index (Phi) is 6.95. The summed E-state index contributed by atoms with van der Waals surface area (Å²) in [4.78, 5) is 11.3. The second-order valence-electron chi connectivity index (χ2n) is 9.56. The van der Waals surface area contributed by atoms with Gasteiger partial charge in [-0.3, -0.25) is 4.79 Å². The van der Waals surface area contributed by atoms with Crippen LogP contribution < -0.4 is 10.1 Å². The van der Waals surface area contributed by atoms with Crippen molar-refractivity contribution in [1.82, 2.24) is 5.32 Å². The quantitative estimate of drug-likeness (QED) is 0.448. The maximum Gasteiger partial charge on any atom is 0.311 e. The number of nitrogens with one attached hydrogen (secondary N) is 1. The Labute approximate surface area is 203 Å². The van der Waals surface area contributed by atoms with Crippen LogP contribution in [-0.4, -0.2) is 47.1 Å². The molecular formula is C25H29Cl2NO5. The number of benzene rings is 2. The Bertz CT molecular complexity index is 1040. The van der Waals surface area contributed by atoms with E-state index in [1.807, 2.05) is 37.3 Å². The Morgan fingerprint density at radius 1 is 1.24 bits per heavy atom. The lowest BCUT2D eigenvalue weighted by molar-refractivity contribution is -0.139. The maximum atomic E-state index is 11.3. The van der Waals surface area contributed by atoms with Crippen molar-refractivity contribution in [2.45, 2.75) is 57.0 Å². The van der Waals surface area contributed by atoms with Crippen molar-refractivity contribution < 1.29 is 24.5 Å². The average molecular weight is 494 g/mol. The topological polar surface area (TPSA) is 88.0 Å². The monoisotopic (exact) mass is 493 g/mol. The second-order valence-corrected chi connectivity index (χ2v) is 10.4. The van der Waals surface area contributed by atoms with Gasteiger partial charge in [-0.25, -0.2) is 0 Å². The third kappa shape index (κ3) is 5.31. The highest BCUT2D eigenvalue weighted by atomic mass is 35.5. The van der Waals surface area contributed by atoms with E-state index < -0.39 is 18.0 Å². The predicted molar refractivity (Wildman–Crippen MR) is 127 cm³/mol. The van der Waals surface area contributed by atoms with Crippen LogP contribution in [-0.2, 0) is 16.0 Å². The van der Waals surface area contributed by atoms with E-state index in [1.54, 1.807) is 6.07 Å². The van der Waals surface area contributed by atoms with Gasteiger partial charge in [0.05, 0.1) is 28.9 Å². The van der Waals surface area contributed by atoms with Crippen molar-refractivity contribution in [1.29, 1.82) is 0 Å². The highest BCUT2D eigenvalue weighted by Gasteiger charge is 2.63. The van der Waals surface area contributed by atoms with Crippen LogP contribution >= 0.6 is 23.2 Å². The third-order valence-corrected chi connectivity index (χ3v) is 7.09. The second kappa shape index (κ2) is 9.43. The molecule has 4 rings (SSSR count). The Morgan fingerprint density at radius 2 is 2.00 bits per heavy atom. The van der Waals surface area contributed by atoms with E-state index in [1.165, 1.54) is 0 Å². The molecule has 2 aliphatic rings. The number of para-hydroxylation sites is 1. The first-order valence-electron chi connectivity index (χ1n) is 11.1. The molecule has 0 saturated heterocycles. The number of hydrogen-bond acceptors (Lipinski definition) is 5. The number of carboxylic acid groups (broad SMARTS) is 1. The molecule has 1 aliphatic carbocycles. The van der Waals surface area contributed by atoms with Gasteiger partial charge in [0.2, 0.25) is 0 Å². The molecule has 0 aromatic heterocycles. The first-order valence-corrected chi connectivity index (χ1v) is 11.8. The summed E-state index contributed by atoms with van der Waals surface area (Å²) >= 11 is 12.1. The molecular weight excluding hydrogens is 465 g/mol. The first kappa shape index (κ1) is 24.3. The smallest absolute Gasteiger partial charge is 0.311 e. The molecule has 1 aliphatic heterocycles. The molecule has 0 radical (unpaired) electrons. The Hall–Kier alpha value is -1.83. The van der Waals surface area contributed by atoms with Crippen LogP contribution in [0.15, 0.2) is 36.4 Å². The van der Waals surface area contributed by atoms with Gasteiger partial charge in [-0.1, -0.05) is 47.5 Å². The highest BCUT2D eigenvalue weighted by Crippen LogP contribution is 2.59. The number of aliphatic hydroxyl groups is 1. The number of fused-ring (bicyclic) bond motifs is 3. The molecule has 0 spiro atoms. The van der Waals surface area contributed by atoms with Gasteiger partial charge < -0.3 is 25.0 Å². The van der Waals surface area contributed by atoms with Gasteiger partial charge >= 0.3 is 5.97 Å². The Balaban J connectivity index is 1.27. The van der Waals surface area contributed by atoms with E-state index in [2.05, 4.69) is 19.2 Å². The van der Waals surface area contributed by atoms with Crippen molar-refractivity contribution >= 4 is 29.2 Å². The van der Waals surface area contributed by atoms with Gasteiger partial charge in [0.25, 0.3) is 0 Å². The fourth-order valence-corrected chi connectivity index (χ4v) is 4.86. The number of carbonyl (C=O) groups is 1. The molecule has 1 fully saturated rings. The molecule has 8 heteroatoms. The van der Waals surface area contributed by atoms with E-state index in [4.69, 9.17) is 32.7 Å². The molecule has 1 saturated carbocycles. The molecule has 2 aromatic rings. The molecule has 2 aromatic carbocycles. The van der Waals surface area contributed by atoms with Gasteiger partial charge in [-0.15, -0.1) is 0 Å². The summed E-state index contributed by atoms with van der Waals surface area (Å²) in [7, 11) is 0. The van der Waals surface area contributed by atoms with Crippen LogP contribution in [0, 0.1) is 5.92 Å². The lowest BCUT2D eigenvalue weighted by Crippen LogP contribution is -2.46. The van der Waals surface area contributed by atoms with Gasteiger partial charge in [0.1, 0.15) is 17.8 Å². The SMILES string of the molecule is C[C@@H](OCC(O)CNC(C)(C)Cc1ccc(Cl)c(Cl)c1)c1cccc2c1O[C@@H]1[C@@H](C(=O)O)[C@H]21. The number of aliphatic carboxylic acids is 1. The van der Waals surface area contributed by atoms with E-state index in [-0.39, 0.29) is 30.3 Å². The van der Waals surface area contributed by atoms with Crippen LogP contribution in [0.1, 0.15) is 49.5 Å². The minimum absolute atomic E-state index is 0.0720. The standard InChI is InChI=1S/C25H29Cl2NO5/c1-13(16-5-4-6-17-20-21(24(30)31)23(20)33-22(16)17)32-12-15(29)11-28-25(2,3)10-14-7-8-18(26)19(27)9-14/h4-9,13,15,20-21,23,28-29H,10-12H2,1-3H3,(H,30,31)/t13-,15?,20+,21+,23+/m1/s1. The molecule has 0 bridgehead atoms. The zero-order valence-corrected chi connectivity index (χ0v) is 20.4. The molecule has 5 atom stereocenters. The first-order chi connectivity index (χ1) is 15.6. The molecule has 6 nitrogen and oxygen atoms in total. The number of halogens is 2. The lowest BCUT2D eigenvalue weighted by Gasteiger charge is -2.28. The molecule has 3 N–H and O–H groups in total. The van der Waals surface area contributed by atoms with Crippen molar-refractivity contribution in [3.05, 3.63) is 63.1 Å². The average Bonchev–Trinajstić information content (AvgIpc) is 3.35. The van der Waals surface area contributed by atoms with Crippen LogP contribution in [0.3, 0.4) is 0 Å². The number of hydrogen-bond donors (Lipinski definition) is 3. The number of rotatable bonds is 10. The van der Waals surface area contributed by atoms with Crippen molar-refractivity contribution in [2.75, 3.05) is 13.2 Å². The van der Waals surface area contributed by atoms with Gasteiger partial charge in [-0.05, 0) is 44.9 Å². The normalized spacial score (nSPS) is 22.8. The van der Waals surface area contributed by atoms with E-state index in [0.717, 1.165) is 28.9 Å². The summed E-state index contributed by atoms with van der Waals surface area (Å²) in [6, 6.07) is 11.3. The molecule has 178 valence electrons. The minimum atomic E-state index is -0.817. The third-order valence-electron chi connectivity index (χ3n) is 6.35. The summed E-state index contributed by atoms with van der Waals surface area (Å²) in [5, 5.41) is 24.2. The lowest BCUT2D eigenvalue weighted by atomic mass is 9.94. The molecule has 0 amide bonds. The zero-order valence-electron chi connectivity index (χ0n) is 18.8. The van der Waals surface area contributed by atoms with E-state index >= 15 is 0 Å². The summed E-state index contributed by atoms with van der Waals surface area (Å²) in [6.45, 7) is 6.56.